The van der Waals surface area contributed by atoms with Crippen LogP contribution in [0.2, 0.25) is 5.02 Å². The van der Waals surface area contributed by atoms with Gasteiger partial charge in [-0.3, -0.25) is 4.40 Å². The van der Waals surface area contributed by atoms with Gasteiger partial charge >= 0.3 is 0 Å². The third-order valence-corrected chi connectivity index (χ3v) is 5.22. The maximum absolute atomic E-state index is 6.07. The van der Waals surface area contributed by atoms with Crippen LogP contribution in [0.4, 0.5) is 5.82 Å². The molecule has 0 unspecified atom stereocenters. The van der Waals surface area contributed by atoms with E-state index in [1.165, 1.54) is 32.1 Å². The van der Waals surface area contributed by atoms with Crippen LogP contribution in [0, 0.1) is 13.8 Å². The lowest BCUT2D eigenvalue weighted by atomic mass is 9.95. The van der Waals surface area contributed by atoms with E-state index in [1.54, 1.807) is 0 Å². The van der Waals surface area contributed by atoms with Gasteiger partial charge in [-0.25, -0.2) is 9.97 Å². The lowest BCUT2D eigenvalue weighted by Crippen LogP contribution is -2.23. The average molecular weight is 355 g/mol. The highest BCUT2D eigenvalue weighted by atomic mass is 35.5. The lowest BCUT2D eigenvalue weighted by Gasteiger charge is -2.24. The molecular formula is C20H23ClN4. The van der Waals surface area contributed by atoms with Crippen molar-refractivity contribution in [1.29, 1.82) is 0 Å². The second kappa shape index (κ2) is 6.68. The van der Waals surface area contributed by atoms with Crippen LogP contribution in [0.3, 0.4) is 0 Å². The zero-order valence-corrected chi connectivity index (χ0v) is 15.5. The van der Waals surface area contributed by atoms with Crippen molar-refractivity contribution in [2.24, 2.45) is 0 Å². The number of anilines is 1. The molecule has 130 valence electrons. The van der Waals surface area contributed by atoms with Gasteiger partial charge in [0.2, 0.25) is 5.78 Å². The molecule has 1 aliphatic carbocycles. The number of halogens is 1. The molecule has 1 aromatic carbocycles. The average Bonchev–Trinajstić information content (AvgIpc) is 2.95. The number of fused-ring (bicyclic) bond motifs is 1. The summed E-state index contributed by atoms with van der Waals surface area (Å²) in [5.41, 5.74) is 4.14. The van der Waals surface area contributed by atoms with Gasteiger partial charge in [-0.1, -0.05) is 43.0 Å². The van der Waals surface area contributed by atoms with Crippen molar-refractivity contribution >= 4 is 23.2 Å². The van der Waals surface area contributed by atoms with E-state index in [4.69, 9.17) is 16.6 Å². The minimum Gasteiger partial charge on any atom is -0.367 e. The largest absolute Gasteiger partial charge is 0.367 e. The van der Waals surface area contributed by atoms with Gasteiger partial charge in [0.05, 0.1) is 0 Å². The number of nitrogens with zero attached hydrogens (tertiary/aromatic N) is 3. The van der Waals surface area contributed by atoms with Gasteiger partial charge in [-0.15, -0.1) is 0 Å². The molecule has 2 heterocycles. The van der Waals surface area contributed by atoms with Crippen LogP contribution in [0.1, 0.15) is 43.5 Å². The molecule has 1 saturated carbocycles. The number of hydrogen-bond donors (Lipinski definition) is 1. The highest BCUT2D eigenvalue weighted by molar-refractivity contribution is 6.30. The first kappa shape index (κ1) is 16.4. The van der Waals surface area contributed by atoms with E-state index in [1.807, 2.05) is 31.2 Å². The van der Waals surface area contributed by atoms with E-state index >= 15 is 0 Å². The van der Waals surface area contributed by atoms with Crippen LogP contribution < -0.4 is 5.32 Å². The summed E-state index contributed by atoms with van der Waals surface area (Å²) in [5, 5.41) is 4.51. The fraction of sp³-hybridized carbons (Fsp3) is 0.400. The maximum atomic E-state index is 6.07. The molecule has 1 N–H and O–H groups in total. The van der Waals surface area contributed by atoms with Crippen molar-refractivity contribution in [1.82, 2.24) is 14.4 Å². The van der Waals surface area contributed by atoms with Gasteiger partial charge in [0, 0.05) is 28.0 Å². The molecule has 4 rings (SSSR count). The second-order valence-electron chi connectivity index (χ2n) is 6.97. The third-order valence-electron chi connectivity index (χ3n) is 4.97. The maximum Gasteiger partial charge on any atom is 0.236 e. The molecule has 4 nitrogen and oxygen atoms in total. The van der Waals surface area contributed by atoms with Gasteiger partial charge < -0.3 is 5.32 Å². The highest BCUT2D eigenvalue weighted by Crippen LogP contribution is 2.32. The summed E-state index contributed by atoms with van der Waals surface area (Å²) < 4.78 is 2.14. The Morgan fingerprint density at radius 3 is 2.48 bits per heavy atom. The number of rotatable bonds is 3. The number of hydrogen-bond acceptors (Lipinski definition) is 3. The van der Waals surface area contributed by atoms with E-state index in [-0.39, 0.29) is 0 Å². The van der Waals surface area contributed by atoms with Crippen LogP contribution >= 0.6 is 11.6 Å². The number of aromatic nitrogens is 3. The molecule has 25 heavy (non-hydrogen) atoms. The molecule has 1 fully saturated rings. The van der Waals surface area contributed by atoms with E-state index in [0.717, 1.165) is 39.3 Å². The molecule has 0 saturated heterocycles. The van der Waals surface area contributed by atoms with Crippen LogP contribution in [-0.2, 0) is 0 Å². The van der Waals surface area contributed by atoms with Gasteiger partial charge in [0.25, 0.3) is 0 Å². The summed E-state index contributed by atoms with van der Waals surface area (Å²) in [7, 11) is 0. The van der Waals surface area contributed by atoms with Crippen molar-refractivity contribution in [2.75, 3.05) is 5.32 Å². The van der Waals surface area contributed by atoms with Gasteiger partial charge in [-0.2, -0.15) is 0 Å². The predicted octanol–water partition coefficient (Wildman–Crippen LogP) is 5.41. The zero-order valence-electron chi connectivity index (χ0n) is 14.7. The van der Waals surface area contributed by atoms with Crippen LogP contribution in [0.25, 0.3) is 17.0 Å². The minimum atomic E-state index is 0.500. The van der Waals surface area contributed by atoms with Crippen LogP contribution in [-0.4, -0.2) is 20.4 Å². The lowest BCUT2D eigenvalue weighted by molar-refractivity contribution is 0.461. The van der Waals surface area contributed by atoms with Crippen molar-refractivity contribution in [2.45, 2.75) is 52.0 Å². The van der Waals surface area contributed by atoms with Crippen molar-refractivity contribution in [3.63, 3.8) is 0 Å². The fourth-order valence-electron chi connectivity index (χ4n) is 3.76. The van der Waals surface area contributed by atoms with Gasteiger partial charge in [-0.05, 0) is 44.9 Å². The molecule has 0 aliphatic heterocycles. The smallest absolute Gasteiger partial charge is 0.236 e. The number of nitrogens with one attached hydrogen (secondary N) is 1. The molecule has 5 heteroatoms. The Balaban J connectivity index is 1.86. The monoisotopic (exact) mass is 354 g/mol. The molecule has 0 atom stereocenters. The van der Waals surface area contributed by atoms with Crippen LogP contribution in [0.15, 0.2) is 30.3 Å². The molecule has 0 amide bonds. The van der Waals surface area contributed by atoms with Crippen molar-refractivity contribution < 1.29 is 0 Å². The number of imidazole rings is 1. The Morgan fingerprint density at radius 2 is 1.76 bits per heavy atom. The second-order valence-corrected chi connectivity index (χ2v) is 7.41. The molecular weight excluding hydrogens is 332 g/mol. The van der Waals surface area contributed by atoms with E-state index < -0.39 is 0 Å². The van der Waals surface area contributed by atoms with Crippen LogP contribution in [0.5, 0.6) is 0 Å². The summed E-state index contributed by atoms with van der Waals surface area (Å²) in [4.78, 5) is 9.49. The highest BCUT2D eigenvalue weighted by Gasteiger charge is 2.21. The Hall–Kier alpha value is -2.07. The summed E-state index contributed by atoms with van der Waals surface area (Å²) in [6.45, 7) is 4.12. The van der Waals surface area contributed by atoms with E-state index in [2.05, 4.69) is 27.7 Å². The van der Waals surface area contributed by atoms with E-state index in [9.17, 15) is 0 Å². The third kappa shape index (κ3) is 3.23. The summed E-state index contributed by atoms with van der Waals surface area (Å²) in [5.74, 6) is 1.80. The van der Waals surface area contributed by atoms with E-state index in [0.29, 0.717) is 6.04 Å². The van der Waals surface area contributed by atoms with Crippen molar-refractivity contribution in [3.8, 4) is 11.3 Å². The molecule has 2 aromatic heterocycles. The predicted molar refractivity (Wildman–Crippen MR) is 103 cm³/mol. The number of aryl methyl sites for hydroxylation is 2. The fourth-order valence-corrected chi connectivity index (χ4v) is 3.88. The summed E-state index contributed by atoms with van der Waals surface area (Å²) in [6.07, 6.45) is 6.36. The molecule has 1 aliphatic rings. The Kier molecular flexibility index (Phi) is 4.38. The van der Waals surface area contributed by atoms with Gasteiger partial charge in [0.15, 0.2) is 0 Å². The SMILES string of the molecule is Cc1cc(C)n2c(NC3CCCCC3)c(-c3ccc(Cl)cc3)nc2n1. The first-order valence-corrected chi connectivity index (χ1v) is 9.39. The van der Waals surface area contributed by atoms with Crippen molar-refractivity contribution in [3.05, 3.63) is 46.7 Å². The normalized spacial score (nSPS) is 15.6. The first-order valence-electron chi connectivity index (χ1n) is 9.01. The van der Waals surface area contributed by atoms with Gasteiger partial charge in [0.1, 0.15) is 11.5 Å². The Morgan fingerprint density at radius 1 is 1.04 bits per heavy atom. The molecule has 0 radical (unpaired) electrons. The standard InChI is InChI=1S/C20H23ClN4/c1-13-12-14(2)25-19(23-17-6-4-3-5-7-17)18(24-20(25)22-13)15-8-10-16(21)11-9-15/h8-12,17,23H,3-7H2,1-2H3. The molecule has 3 aromatic rings. The Labute approximate surface area is 153 Å². The molecule has 0 bridgehead atoms. The Bertz CT molecular complexity index is 892. The topological polar surface area (TPSA) is 42.2 Å². The molecule has 0 spiro atoms. The summed E-state index contributed by atoms with van der Waals surface area (Å²) >= 11 is 6.07. The first-order chi connectivity index (χ1) is 12.1. The quantitative estimate of drug-likeness (QED) is 0.683. The zero-order chi connectivity index (χ0) is 17.4. The number of benzene rings is 1. The minimum absolute atomic E-state index is 0.500. The summed E-state index contributed by atoms with van der Waals surface area (Å²) in [6, 6.07) is 10.5.